The fraction of sp³-hybridized carbons (Fsp3) is 0.571. The second-order valence-electron chi connectivity index (χ2n) is 5.43. The first-order chi connectivity index (χ1) is 8.49. The van der Waals surface area contributed by atoms with E-state index in [0.717, 1.165) is 24.3 Å². The quantitative estimate of drug-likeness (QED) is 0.802. The predicted molar refractivity (Wildman–Crippen MR) is 80.7 cm³/mol. The zero-order valence-corrected chi connectivity index (χ0v) is 12.4. The van der Waals surface area contributed by atoms with E-state index >= 15 is 0 Å². The Balaban J connectivity index is 2.22. The van der Waals surface area contributed by atoms with Crippen LogP contribution < -0.4 is 10.6 Å². The van der Waals surface area contributed by atoms with E-state index in [2.05, 4.69) is 18.7 Å². The van der Waals surface area contributed by atoms with E-state index in [1.807, 2.05) is 6.07 Å². The van der Waals surface area contributed by atoms with Crippen LogP contribution in [0.4, 0.5) is 11.4 Å². The Bertz CT molecular complexity index is 428. The first-order valence-corrected chi connectivity index (χ1v) is 7.25. The second-order valence-corrected chi connectivity index (χ2v) is 6.25. The number of hydrogen-bond acceptors (Lipinski definition) is 2. The zero-order valence-electron chi connectivity index (χ0n) is 10.9. The van der Waals surface area contributed by atoms with Crippen LogP contribution in [0.1, 0.15) is 33.1 Å². The van der Waals surface area contributed by atoms with Gasteiger partial charge in [-0.25, -0.2) is 0 Å². The van der Waals surface area contributed by atoms with Gasteiger partial charge in [0, 0.05) is 12.6 Å². The van der Waals surface area contributed by atoms with E-state index in [9.17, 15) is 0 Å². The molecule has 1 aliphatic carbocycles. The van der Waals surface area contributed by atoms with Gasteiger partial charge in [0.25, 0.3) is 0 Å². The summed E-state index contributed by atoms with van der Waals surface area (Å²) in [6.07, 6.45) is 3.66. The van der Waals surface area contributed by atoms with Crippen molar-refractivity contribution in [2.75, 3.05) is 17.2 Å². The smallest absolute Gasteiger partial charge is 0.0618 e. The summed E-state index contributed by atoms with van der Waals surface area (Å²) in [7, 11) is 0. The highest BCUT2D eigenvalue weighted by molar-refractivity contribution is 6.42. The Kier molecular flexibility index (Phi) is 4.29. The summed E-state index contributed by atoms with van der Waals surface area (Å²) in [5, 5.41) is 1.11. The van der Waals surface area contributed by atoms with Crippen molar-refractivity contribution in [3.8, 4) is 0 Å². The number of halogens is 2. The molecule has 0 aliphatic heterocycles. The Morgan fingerprint density at radius 2 is 1.89 bits per heavy atom. The van der Waals surface area contributed by atoms with E-state index in [-0.39, 0.29) is 0 Å². The Morgan fingerprint density at radius 1 is 1.28 bits per heavy atom. The van der Waals surface area contributed by atoms with Crippen LogP contribution in [0, 0.1) is 5.92 Å². The molecule has 18 heavy (non-hydrogen) atoms. The average molecular weight is 287 g/mol. The summed E-state index contributed by atoms with van der Waals surface area (Å²) in [5.41, 5.74) is 7.84. The van der Waals surface area contributed by atoms with Gasteiger partial charge in [-0.3, -0.25) is 0 Å². The summed E-state index contributed by atoms with van der Waals surface area (Å²) in [4.78, 5) is 2.39. The maximum absolute atomic E-state index is 6.10. The molecule has 0 saturated heterocycles. The van der Waals surface area contributed by atoms with E-state index < -0.39 is 0 Å². The molecule has 0 spiro atoms. The number of nitrogens with two attached hydrogens (primary N) is 1. The molecule has 1 aliphatic rings. The topological polar surface area (TPSA) is 29.3 Å². The molecule has 0 aromatic heterocycles. The molecule has 100 valence electrons. The van der Waals surface area contributed by atoms with Crippen LogP contribution in [-0.2, 0) is 0 Å². The van der Waals surface area contributed by atoms with Crippen molar-refractivity contribution in [1.29, 1.82) is 0 Å². The summed E-state index contributed by atoms with van der Waals surface area (Å²) >= 11 is 12.1. The molecule has 2 nitrogen and oxygen atoms in total. The molecule has 0 bridgehead atoms. The highest BCUT2D eigenvalue weighted by atomic mass is 35.5. The lowest BCUT2D eigenvalue weighted by atomic mass is 10.1. The van der Waals surface area contributed by atoms with E-state index in [1.54, 1.807) is 6.07 Å². The van der Waals surface area contributed by atoms with Gasteiger partial charge in [-0.2, -0.15) is 0 Å². The van der Waals surface area contributed by atoms with Crippen LogP contribution in [0.25, 0.3) is 0 Å². The normalized spacial score (nSPS) is 15.2. The number of hydrogen-bond donors (Lipinski definition) is 1. The number of nitrogens with zero attached hydrogens (tertiary/aromatic N) is 1. The Labute approximate surface area is 119 Å². The van der Waals surface area contributed by atoms with Crippen molar-refractivity contribution in [2.45, 2.75) is 39.2 Å². The van der Waals surface area contributed by atoms with Gasteiger partial charge in [0.05, 0.1) is 21.4 Å². The maximum atomic E-state index is 6.10. The molecule has 2 N–H and O–H groups in total. The molecule has 1 saturated carbocycles. The van der Waals surface area contributed by atoms with Crippen molar-refractivity contribution in [3.05, 3.63) is 22.2 Å². The number of rotatable bonds is 5. The molecule has 2 rings (SSSR count). The highest BCUT2D eigenvalue weighted by Gasteiger charge is 2.30. The predicted octanol–water partition coefficient (Wildman–Crippen LogP) is 4.59. The van der Waals surface area contributed by atoms with Gasteiger partial charge < -0.3 is 10.6 Å². The van der Waals surface area contributed by atoms with Gasteiger partial charge in [0.1, 0.15) is 0 Å². The maximum Gasteiger partial charge on any atom is 0.0618 e. The van der Waals surface area contributed by atoms with E-state index in [0.29, 0.717) is 22.0 Å². The molecule has 4 heteroatoms. The van der Waals surface area contributed by atoms with Crippen LogP contribution >= 0.6 is 23.2 Å². The summed E-state index contributed by atoms with van der Waals surface area (Å²) in [6, 6.07) is 4.28. The van der Waals surface area contributed by atoms with Gasteiger partial charge in [0.2, 0.25) is 0 Å². The second kappa shape index (κ2) is 5.58. The van der Waals surface area contributed by atoms with Gasteiger partial charge in [-0.15, -0.1) is 0 Å². The van der Waals surface area contributed by atoms with E-state index in [4.69, 9.17) is 28.9 Å². The molecule has 0 amide bonds. The third kappa shape index (κ3) is 3.24. The lowest BCUT2D eigenvalue weighted by Gasteiger charge is -2.27. The van der Waals surface area contributed by atoms with Crippen LogP contribution in [0.15, 0.2) is 12.1 Å². The van der Waals surface area contributed by atoms with Crippen LogP contribution in [0.5, 0.6) is 0 Å². The minimum atomic E-state index is 0.525. The molecular weight excluding hydrogens is 267 g/mol. The fourth-order valence-corrected chi connectivity index (χ4v) is 2.41. The molecule has 1 fully saturated rings. The number of nitrogen functional groups attached to an aromatic ring is 1. The van der Waals surface area contributed by atoms with Crippen molar-refractivity contribution < 1.29 is 0 Å². The first kappa shape index (κ1) is 13.8. The Morgan fingerprint density at radius 3 is 2.44 bits per heavy atom. The molecule has 0 atom stereocenters. The van der Waals surface area contributed by atoms with Gasteiger partial charge in [-0.05, 0) is 37.3 Å². The molecule has 1 aromatic rings. The molecule has 0 unspecified atom stereocenters. The molecular formula is C14H20Cl2N2. The SMILES string of the molecule is CC(C)CCN(c1cc(Cl)c(Cl)cc1N)C1CC1. The van der Waals surface area contributed by atoms with Crippen LogP contribution in [-0.4, -0.2) is 12.6 Å². The molecule has 1 aromatic carbocycles. The third-order valence-corrected chi connectivity index (χ3v) is 4.04. The van der Waals surface area contributed by atoms with Gasteiger partial charge in [0.15, 0.2) is 0 Å². The lowest BCUT2D eigenvalue weighted by Crippen LogP contribution is -2.28. The van der Waals surface area contributed by atoms with E-state index in [1.165, 1.54) is 12.8 Å². The lowest BCUT2D eigenvalue weighted by molar-refractivity contribution is 0.571. The van der Waals surface area contributed by atoms with Crippen molar-refractivity contribution in [2.24, 2.45) is 5.92 Å². The molecule has 0 heterocycles. The van der Waals surface area contributed by atoms with Crippen molar-refractivity contribution >= 4 is 34.6 Å². The number of benzene rings is 1. The van der Waals surface area contributed by atoms with Gasteiger partial charge >= 0.3 is 0 Å². The molecule has 0 radical (unpaired) electrons. The monoisotopic (exact) mass is 286 g/mol. The zero-order chi connectivity index (χ0) is 13.3. The minimum absolute atomic E-state index is 0.525. The standard InChI is InChI=1S/C14H20Cl2N2/c1-9(2)5-6-18(10-3-4-10)14-8-12(16)11(15)7-13(14)17/h7-10H,3-6,17H2,1-2H3. The third-order valence-electron chi connectivity index (χ3n) is 3.31. The fourth-order valence-electron chi connectivity index (χ4n) is 2.08. The van der Waals surface area contributed by atoms with Crippen LogP contribution in [0.3, 0.4) is 0 Å². The summed E-state index contributed by atoms with van der Waals surface area (Å²) in [5.74, 6) is 0.690. The van der Waals surface area contributed by atoms with Crippen molar-refractivity contribution in [1.82, 2.24) is 0 Å². The largest absolute Gasteiger partial charge is 0.397 e. The minimum Gasteiger partial charge on any atom is -0.397 e. The van der Waals surface area contributed by atoms with Crippen LogP contribution in [0.2, 0.25) is 10.0 Å². The average Bonchev–Trinajstić information content (AvgIpc) is 3.09. The highest BCUT2D eigenvalue weighted by Crippen LogP contribution is 2.39. The first-order valence-electron chi connectivity index (χ1n) is 6.50. The summed E-state index contributed by atoms with van der Waals surface area (Å²) in [6.45, 7) is 5.51. The van der Waals surface area contributed by atoms with Gasteiger partial charge in [-0.1, -0.05) is 37.0 Å². The summed E-state index contributed by atoms with van der Waals surface area (Å²) < 4.78 is 0. The Hall–Kier alpha value is -0.600. The van der Waals surface area contributed by atoms with Crippen molar-refractivity contribution in [3.63, 3.8) is 0 Å². The number of anilines is 2.